The van der Waals surface area contributed by atoms with Gasteiger partial charge in [-0.25, -0.2) is 0 Å². The summed E-state index contributed by atoms with van der Waals surface area (Å²) >= 11 is 1.06. The molecule has 3 aromatic rings. The van der Waals surface area contributed by atoms with E-state index in [2.05, 4.69) is 26.2 Å². The van der Waals surface area contributed by atoms with E-state index in [-0.39, 0.29) is 28.5 Å². The average Bonchev–Trinajstić information content (AvgIpc) is 3.20. The van der Waals surface area contributed by atoms with Crippen LogP contribution in [0, 0.1) is 0 Å². The molecule has 0 radical (unpaired) electrons. The van der Waals surface area contributed by atoms with Gasteiger partial charge in [0.15, 0.2) is 0 Å². The molecule has 6 N–H and O–H groups in total. The lowest BCUT2D eigenvalue weighted by atomic mass is 10.1. The van der Waals surface area contributed by atoms with Crippen molar-refractivity contribution in [2.24, 2.45) is 11.5 Å². The highest BCUT2D eigenvalue weighted by molar-refractivity contribution is 7.99. The van der Waals surface area contributed by atoms with Crippen LogP contribution in [-0.2, 0) is 9.59 Å². The third-order valence-corrected chi connectivity index (χ3v) is 4.89. The quantitative estimate of drug-likeness (QED) is 0.355. The van der Waals surface area contributed by atoms with Gasteiger partial charge in [-0.3, -0.25) is 19.2 Å². The highest BCUT2D eigenvalue weighted by Gasteiger charge is 2.14. The number of nitrogens with zero attached hydrogens (tertiary/aromatic N) is 4. The van der Waals surface area contributed by atoms with Gasteiger partial charge in [0.05, 0.1) is 11.4 Å². The third-order valence-electron chi connectivity index (χ3n) is 3.97. The Morgan fingerprint density at radius 2 is 1.66 bits per heavy atom. The van der Waals surface area contributed by atoms with E-state index in [1.807, 2.05) is 0 Å². The average molecular weight is 454 g/mol. The Morgan fingerprint density at radius 3 is 2.28 bits per heavy atom. The second-order valence-corrected chi connectivity index (χ2v) is 7.41. The lowest BCUT2D eigenvalue weighted by Gasteiger charge is -2.09. The number of carbonyl (C=O) groups is 4. The van der Waals surface area contributed by atoms with E-state index in [0.717, 1.165) is 11.8 Å². The van der Waals surface area contributed by atoms with Crippen molar-refractivity contribution in [2.45, 2.75) is 12.1 Å². The molecule has 1 aromatic heterocycles. The molecule has 1 heterocycles. The molecule has 164 valence electrons. The molecule has 0 aliphatic carbocycles. The number of nitrogens with two attached hydrogens (primary N) is 2. The van der Waals surface area contributed by atoms with Crippen LogP contribution in [0.4, 0.5) is 11.4 Å². The monoisotopic (exact) mass is 454 g/mol. The van der Waals surface area contributed by atoms with Crippen molar-refractivity contribution >= 4 is 46.8 Å². The van der Waals surface area contributed by atoms with E-state index >= 15 is 0 Å². The number of amides is 4. The molecule has 13 heteroatoms. The molecule has 0 bridgehead atoms. The fourth-order valence-electron chi connectivity index (χ4n) is 2.66. The number of tetrazole rings is 1. The van der Waals surface area contributed by atoms with Crippen molar-refractivity contribution in [1.29, 1.82) is 0 Å². The Morgan fingerprint density at radius 1 is 0.969 bits per heavy atom. The van der Waals surface area contributed by atoms with Gasteiger partial charge in [-0.2, -0.15) is 4.68 Å². The Bertz CT molecular complexity index is 1180. The van der Waals surface area contributed by atoms with Gasteiger partial charge in [0.1, 0.15) is 0 Å². The maximum Gasteiger partial charge on any atom is 0.248 e. The van der Waals surface area contributed by atoms with Crippen LogP contribution < -0.4 is 22.1 Å². The summed E-state index contributed by atoms with van der Waals surface area (Å²) in [7, 11) is 0. The molecule has 0 atom stereocenters. The summed E-state index contributed by atoms with van der Waals surface area (Å²) in [6.07, 6.45) is 0. The largest absolute Gasteiger partial charge is 0.366 e. The summed E-state index contributed by atoms with van der Waals surface area (Å²) in [5.41, 5.74) is 11.9. The van der Waals surface area contributed by atoms with Crippen LogP contribution >= 0.6 is 11.8 Å². The highest BCUT2D eigenvalue weighted by Crippen LogP contribution is 2.21. The van der Waals surface area contributed by atoms with Gasteiger partial charge in [0, 0.05) is 29.4 Å². The Labute approximate surface area is 185 Å². The minimum absolute atomic E-state index is 0.0345. The zero-order valence-corrected chi connectivity index (χ0v) is 17.5. The number of benzene rings is 2. The number of hydrogen-bond donors (Lipinski definition) is 4. The number of thioether (sulfide) groups is 1. The summed E-state index contributed by atoms with van der Waals surface area (Å²) in [6.45, 7) is 1.40. The lowest BCUT2D eigenvalue weighted by molar-refractivity contribution is -0.114. The second kappa shape index (κ2) is 9.70. The van der Waals surface area contributed by atoms with E-state index in [0.29, 0.717) is 16.5 Å². The number of rotatable bonds is 8. The van der Waals surface area contributed by atoms with Gasteiger partial charge in [-0.15, -0.1) is 5.10 Å². The minimum Gasteiger partial charge on any atom is -0.366 e. The third kappa shape index (κ3) is 5.66. The van der Waals surface area contributed by atoms with Crippen molar-refractivity contribution in [3.63, 3.8) is 0 Å². The number of hydrogen-bond acceptors (Lipinski definition) is 8. The van der Waals surface area contributed by atoms with Crippen LogP contribution in [0.3, 0.4) is 0 Å². The van der Waals surface area contributed by atoms with Crippen molar-refractivity contribution in [2.75, 3.05) is 16.4 Å². The molecule has 0 unspecified atom stereocenters. The highest BCUT2D eigenvalue weighted by atomic mass is 32.2. The fourth-order valence-corrected chi connectivity index (χ4v) is 3.35. The fraction of sp³-hybridized carbons (Fsp3) is 0.105. The van der Waals surface area contributed by atoms with E-state index in [1.165, 1.54) is 29.8 Å². The van der Waals surface area contributed by atoms with Crippen LogP contribution in [-0.4, -0.2) is 49.6 Å². The lowest BCUT2D eigenvalue weighted by Crippen LogP contribution is -2.19. The van der Waals surface area contributed by atoms with E-state index in [1.54, 1.807) is 24.3 Å². The Hall–Kier alpha value is -4.26. The van der Waals surface area contributed by atoms with Gasteiger partial charge >= 0.3 is 0 Å². The Balaban J connectivity index is 1.71. The van der Waals surface area contributed by atoms with Gasteiger partial charge in [0.25, 0.3) is 0 Å². The molecule has 0 aliphatic heterocycles. The first-order valence-corrected chi connectivity index (χ1v) is 10.1. The van der Waals surface area contributed by atoms with Crippen LogP contribution in [0.2, 0.25) is 0 Å². The molecule has 0 aliphatic rings. The van der Waals surface area contributed by atoms with Gasteiger partial charge < -0.3 is 22.1 Å². The molecule has 4 amide bonds. The predicted molar refractivity (Wildman–Crippen MR) is 116 cm³/mol. The summed E-state index contributed by atoms with van der Waals surface area (Å²) in [6, 6.07) is 10.8. The van der Waals surface area contributed by atoms with Gasteiger partial charge in [0.2, 0.25) is 28.8 Å². The van der Waals surface area contributed by atoms with Crippen LogP contribution in [0.1, 0.15) is 27.6 Å². The number of nitrogens with one attached hydrogen (secondary N) is 2. The number of aromatic nitrogens is 4. The summed E-state index contributed by atoms with van der Waals surface area (Å²) in [5, 5.41) is 17.1. The van der Waals surface area contributed by atoms with Crippen molar-refractivity contribution < 1.29 is 19.2 Å². The van der Waals surface area contributed by atoms with E-state index < -0.39 is 17.7 Å². The smallest absolute Gasteiger partial charge is 0.248 e. The van der Waals surface area contributed by atoms with Crippen molar-refractivity contribution in [1.82, 2.24) is 20.2 Å². The SMILES string of the molecule is CC(=O)Nc1cccc(-n2nnnc2SCC(=O)Nc2cc(C(N)=O)cc(C(N)=O)c2)c1. The molecule has 3 rings (SSSR count). The molecule has 0 saturated carbocycles. The van der Waals surface area contributed by atoms with E-state index in [4.69, 9.17) is 11.5 Å². The van der Waals surface area contributed by atoms with Crippen LogP contribution in [0.25, 0.3) is 5.69 Å². The normalized spacial score (nSPS) is 10.4. The van der Waals surface area contributed by atoms with Crippen molar-refractivity contribution in [3.05, 3.63) is 53.6 Å². The second-order valence-electron chi connectivity index (χ2n) is 6.47. The molecular weight excluding hydrogens is 436 g/mol. The first-order valence-electron chi connectivity index (χ1n) is 9.06. The predicted octanol–water partition coefficient (Wildman–Crippen LogP) is 0.549. The molecule has 0 spiro atoms. The molecule has 32 heavy (non-hydrogen) atoms. The zero-order chi connectivity index (χ0) is 23.3. The maximum absolute atomic E-state index is 12.4. The molecular formula is C19H18N8O4S. The first kappa shape index (κ1) is 22.4. The number of carbonyl (C=O) groups excluding carboxylic acids is 4. The maximum atomic E-state index is 12.4. The van der Waals surface area contributed by atoms with Crippen LogP contribution in [0.5, 0.6) is 0 Å². The molecule has 0 saturated heterocycles. The van der Waals surface area contributed by atoms with E-state index in [9.17, 15) is 19.2 Å². The number of primary amides is 2. The Kier molecular flexibility index (Phi) is 6.80. The van der Waals surface area contributed by atoms with Gasteiger partial charge in [-0.05, 0) is 46.8 Å². The molecule has 2 aromatic carbocycles. The van der Waals surface area contributed by atoms with Crippen molar-refractivity contribution in [3.8, 4) is 5.69 Å². The summed E-state index contributed by atoms with van der Waals surface area (Å²) < 4.78 is 1.42. The standard InChI is InChI=1S/C19H18N8O4S/c1-10(28)22-13-3-2-4-15(8-13)27-19(24-25-26-27)32-9-16(29)23-14-6-11(17(20)30)5-12(7-14)18(21)31/h2-8H,9H2,1H3,(H2,20,30)(H2,21,31)(H,22,28)(H,23,29). The summed E-state index contributed by atoms with van der Waals surface area (Å²) in [4.78, 5) is 46.6. The van der Waals surface area contributed by atoms with Crippen LogP contribution in [0.15, 0.2) is 47.6 Å². The first-order chi connectivity index (χ1) is 15.2. The minimum atomic E-state index is -0.765. The molecule has 12 nitrogen and oxygen atoms in total. The zero-order valence-electron chi connectivity index (χ0n) is 16.7. The molecule has 0 fully saturated rings. The topological polar surface area (TPSA) is 188 Å². The number of anilines is 2. The van der Waals surface area contributed by atoms with Gasteiger partial charge in [-0.1, -0.05) is 17.8 Å². The summed E-state index contributed by atoms with van der Waals surface area (Å²) in [5.74, 6) is -2.26.